The molecule has 0 saturated carbocycles. The van der Waals surface area contributed by atoms with Gasteiger partial charge in [0, 0.05) is 28.3 Å². The number of carbonyl (C=O) groups is 1. The molecule has 2 aromatic heterocycles. The molecule has 0 spiro atoms. The van der Waals surface area contributed by atoms with Crippen LogP contribution in [-0.4, -0.2) is 28.8 Å². The zero-order chi connectivity index (χ0) is 24.9. The molecule has 7 heteroatoms. The first-order chi connectivity index (χ1) is 16.8. The van der Waals surface area contributed by atoms with Crippen molar-refractivity contribution in [3.05, 3.63) is 82.1 Å². The van der Waals surface area contributed by atoms with E-state index in [9.17, 15) is 9.90 Å². The number of ether oxygens (including phenoxy) is 2. The van der Waals surface area contributed by atoms with Crippen molar-refractivity contribution in [2.24, 2.45) is 0 Å². The first-order valence-corrected chi connectivity index (χ1v) is 12.4. The average molecular weight is 492 g/mol. The third-order valence-electron chi connectivity index (χ3n) is 5.82. The van der Waals surface area contributed by atoms with E-state index in [0.29, 0.717) is 25.5 Å². The lowest BCUT2D eigenvalue weighted by molar-refractivity contribution is -0.149. The second kappa shape index (κ2) is 10.9. The van der Waals surface area contributed by atoms with Gasteiger partial charge in [0.2, 0.25) is 5.89 Å². The SMILES string of the molecule is CCO[C@@H](Cc1ccc(OCc2sc(-c3ccc(-c4nc(C)c(C)o4)cc3)cc2C)cc1)C(=O)O. The van der Waals surface area contributed by atoms with Crippen LogP contribution in [0.4, 0.5) is 0 Å². The predicted octanol–water partition coefficient (Wildman–Crippen LogP) is 6.61. The molecular formula is C28H29NO5S. The van der Waals surface area contributed by atoms with E-state index in [2.05, 4.69) is 30.1 Å². The van der Waals surface area contributed by atoms with E-state index in [4.69, 9.17) is 13.9 Å². The van der Waals surface area contributed by atoms with Crippen molar-refractivity contribution in [3.63, 3.8) is 0 Å². The summed E-state index contributed by atoms with van der Waals surface area (Å²) in [7, 11) is 0. The molecule has 0 aliphatic rings. The summed E-state index contributed by atoms with van der Waals surface area (Å²) in [6, 6.07) is 17.9. The number of carboxylic acids is 1. The van der Waals surface area contributed by atoms with Crippen molar-refractivity contribution in [3.8, 4) is 27.6 Å². The van der Waals surface area contributed by atoms with Gasteiger partial charge in [-0.2, -0.15) is 0 Å². The Labute approximate surface area is 209 Å². The Bertz CT molecular complexity index is 1270. The highest BCUT2D eigenvalue weighted by Crippen LogP contribution is 2.33. The zero-order valence-electron chi connectivity index (χ0n) is 20.3. The Kier molecular flexibility index (Phi) is 7.68. The second-order valence-electron chi connectivity index (χ2n) is 8.37. The van der Waals surface area contributed by atoms with Crippen molar-refractivity contribution in [2.75, 3.05) is 6.61 Å². The van der Waals surface area contributed by atoms with Gasteiger partial charge >= 0.3 is 5.97 Å². The molecule has 182 valence electrons. The maximum absolute atomic E-state index is 11.3. The van der Waals surface area contributed by atoms with Gasteiger partial charge in [0.15, 0.2) is 6.10 Å². The van der Waals surface area contributed by atoms with Gasteiger partial charge in [-0.05, 0) is 74.7 Å². The van der Waals surface area contributed by atoms with Gasteiger partial charge in [-0.25, -0.2) is 9.78 Å². The van der Waals surface area contributed by atoms with E-state index >= 15 is 0 Å². The third-order valence-corrected chi connectivity index (χ3v) is 7.08. The van der Waals surface area contributed by atoms with E-state index in [1.54, 1.807) is 18.3 Å². The largest absolute Gasteiger partial charge is 0.488 e. The minimum absolute atomic E-state index is 0.324. The van der Waals surface area contributed by atoms with Crippen LogP contribution in [-0.2, 0) is 22.6 Å². The number of aryl methyl sites for hydroxylation is 3. The van der Waals surface area contributed by atoms with E-state index in [1.807, 2.05) is 50.2 Å². The normalized spacial score (nSPS) is 12.0. The van der Waals surface area contributed by atoms with Crippen LogP contribution in [0.2, 0.25) is 0 Å². The number of aliphatic carboxylic acids is 1. The fraction of sp³-hybridized carbons (Fsp3) is 0.286. The number of oxazole rings is 1. The zero-order valence-corrected chi connectivity index (χ0v) is 21.1. The minimum Gasteiger partial charge on any atom is -0.488 e. The lowest BCUT2D eigenvalue weighted by atomic mass is 10.1. The summed E-state index contributed by atoms with van der Waals surface area (Å²) < 4.78 is 17.0. The fourth-order valence-corrected chi connectivity index (χ4v) is 4.77. The van der Waals surface area contributed by atoms with Crippen LogP contribution in [0.1, 0.15) is 34.4 Å². The Hall–Kier alpha value is -3.42. The van der Waals surface area contributed by atoms with E-state index in [-0.39, 0.29) is 0 Å². The van der Waals surface area contributed by atoms with Gasteiger partial charge in [0.25, 0.3) is 0 Å². The highest BCUT2D eigenvalue weighted by molar-refractivity contribution is 7.15. The molecule has 0 radical (unpaired) electrons. The molecule has 35 heavy (non-hydrogen) atoms. The van der Waals surface area contributed by atoms with Crippen molar-refractivity contribution in [1.82, 2.24) is 4.98 Å². The monoisotopic (exact) mass is 491 g/mol. The van der Waals surface area contributed by atoms with Gasteiger partial charge in [-0.15, -0.1) is 11.3 Å². The second-order valence-corrected chi connectivity index (χ2v) is 9.51. The molecular weight excluding hydrogens is 462 g/mol. The van der Waals surface area contributed by atoms with Crippen LogP contribution >= 0.6 is 11.3 Å². The quantitative estimate of drug-likeness (QED) is 0.269. The van der Waals surface area contributed by atoms with E-state index in [1.165, 1.54) is 10.4 Å². The van der Waals surface area contributed by atoms with Crippen LogP contribution in [0, 0.1) is 20.8 Å². The Morgan fingerprint density at radius 3 is 2.34 bits per heavy atom. The lowest BCUT2D eigenvalue weighted by Crippen LogP contribution is -2.26. The van der Waals surface area contributed by atoms with Gasteiger partial charge < -0.3 is 19.0 Å². The molecule has 1 N–H and O–H groups in total. The molecule has 2 heterocycles. The van der Waals surface area contributed by atoms with Crippen LogP contribution in [0.25, 0.3) is 21.9 Å². The molecule has 0 amide bonds. The topological polar surface area (TPSA) is 81.8 Å². The molecule has 1 atom stereocenters. The van der Waals surface area contributed by atoms with Gasteiger partial charge in [0.1, 0.15) is 18.1 Å². The maximum Gasteiger partial charge on any atom is 0.333 e. The third kappa shape index (κ3) is 5.99. The smallest absolute Gasteiger partial charge is 0.333 e. The Morgan fingerprint density at radius 2 is 1.74 bits per heavy atom. The minimum atomic E-state index is -0.950. The number of hydrogen-bond donors (Lipinski definition) is 1. The summed E-state index contributed by atoms with van der Waals surface area (Å²) in [4.78, 5) is 18.1. The van der Waals surface area contributed by atoms with Crippen LogP contribution < -0.4 is 4.74 Å². The molecule has 0 fully saturated rings. The predicted molar refractivity (Wildman–Crippen MR) is 137 cm³/mol. The van der Waals surface area contributed by atoms with Crippen LogP contribution in [0.3, 0.4) is 0 Å². The molecule has 0 saturated heterocycles. The van der Waals surface area contributed by atoms with E-state index < -0.39 is 12.1 Å². The molecule has 2 aromatic carbocycles. The highest BCUT2D eigenvalue weighted by atomic mass is 32.1. The van der Waals surface area contributed by atoms with Crippen LogP contribution in [0.15, 0.2) is 59.0 Å². The first kappa shape index (κ1) is 24.7. The standard InChI is InChI=1S/C28H29NO5S/c1-5-32-24(28(30)31)15-20-6-12-23(13-7-20)33-16-26-17(2)14-25(35-26)21-8-10-22(11-9-21)27-29-18(3)19(4)34-27/h6-14,24H,5,15-16H2,1-4H3,(H,30,31)/t24-/m0/s1. The molecule has 0 aliphatic carbocycles. The van der Waals surface area contributed by atoms with Gasteiger partial charge in [-0.3, -0.25) is 0 Å². The van der Waals surface area contributed by atoms with Crippen molar-refractivity contribution in [2.45, 2.75) is 46.8 Å². The number of thiophene rings is 1. The number of benzene rings is 2. The van der Waals surface area contributed by atoms with Crippen LogP contribution in [0.5, 0.6) is 5.75 Å². The number of rotatable bonds is 10. The molecule has 4 aromatic rings. The highest BCUT2D eigenvalue weighted by Gasteiger charge is 2.18. The Balaban J connectivity index is 1.39. The molecule has 6 nitrogen and oxygen atoms in total. The summed E-state index contributed by atoms with van der Waals surface area (Å²) in [5.74, 6) is 1.28. The Morgan fingerprint density at radius 1 is 1.06 bits per heavy atom. The number of nitrogens with zero attached hydrogens (tertiary/aromatic N) is 1. The lowest BCUT2D eigenvalue weighted by Gasteiger charge is -2.13. The summed E-state index contributed by atoms with van der Waals surface area (Å²) >= 11 is 1.71. The maximum atomic E-state index is 11.3. The average Bonchev–Trinajstić information content (AvgIpc) is 3.39. The van der Waals surface area contributed by atoms with Gasteiger partial charge in [0.05, 0.1) is 5.69 Å². The van der Waals surface area contributed by atoms with Gasteiger partial charge in [-0.1, -0.05) is 24.3 Å². The number of aromatic nitrogens is 1. The van der Waals surface area contributed by atoms with Crippen molar-refractivity contribution < 1.29 is 23.8 Å². The fourth-order valence-electron chi connectivity index (χ4n) is 3.68. The summed E-state index contributed by atoms with van der Waals surface area (Å²) in [5.41, 5.74) is 5.09. The molecule has 4 rings (SSSR count). The van der Waals surface area contributed by atoms with Crippen molar-refractivity contribution >= 4 is 17.3 Å². The summed E-state index contributed by atoms with van der Waals surface area (Å²) in [6.45, 7) is 8.59. The van der Waals surface area contributed by atoms with Crippen molar-refractivity contribution in [1.29, 1.82) is 0 Å². The summed E-state index contributed by atoms with van der Waals surface area (Å²) in [6.07, 6.45) is -0.512. The molecule has 0 unspecified atom stereocenters. The van der Waals surface area contributed by atoms with E-state index in [0.717, 1.165) is 38.8 Å². The first-order valence-electron chi connectivity index (χ1n) is 11.5. The number of hydrogen-bond acceptors (Lipinski definition) is 6. The number of carboxylic acid groups (broad SMARTS) is 1. The molecule has 0 aliphatic heterocycles. The molecule has 0 bridgehead atoms. The summed E-state index contributed by atoms with van der Waals surface area (Å²) in [5, 5.41) is 9.26.